The van der Waals surface area contributed by atoms with Crippen molar-refractivity contribution < 1.29 is 9.47 Å². The lowest BCUT2D eigenvalue weighted by molar-refractivity contribution is 0.402. The summed E-state index contributed by atoms with van der Waals surface area (Å²) in [6.45, 7) is 4.47. The Morgan fingerprint density at radius 2 is 1.56 bits per heavy atom. The van der Waals surface area contributed by atoms with Gasteiger partial charge in [-0.3, -0.25) is 0 Å². The SMILES string of the molecule is CCCCCCc1ccc(CCCCCC)c(/C(C#N)=C\c2cc(OC)ccc2OC)c1. The van der Waals surface area contributed by atoms with Gasteiger partial charge in [-0.05, 0) is 66.6 Å². The Labute approximate surface area is 195 Å². The van der Waals surface area contributed by atoms with Gasteiger partial charge in [0.1, 0.15) is 11.5 Å². The maximum Gasteiger partial charge on any atom is 0.126 e. The van der Waals surface area contributed by atoms with Crippen LogP contribution in [0.3, 0.4) is 0 Å². The van der Waals surface area contributed by atoms with Gasteiger partial charge in [0.15, 0.2) is 0 Å². The fourth-order valence-electron chi connectivity index (χ4n) is 4.02. The number of unbranched alkanes of at least 4 members (excludes halogenated alkanes) is 6. The first-order valence-corrected chi connectivity index (χ1v) is 12.1. The van der Waals surface area contributed by atoms with E-state index in [9.17, 15) is 5.26 Å². The second-order valence-electron chi connectivity index (χ2n) is 8.39. The maximum atomic E-state index is 10.1. The first kappa shape index (κ1) is 25.5. The zero-order valence-electron chi connectivity index (χ0n) is 20.4. The molecule has 0 saturated carbocycles. The quantitative estimate of drug-likeness (QED) is 0.172. The third kappa shape index (κ3) is 7.75. The maximum absolute atomic E-state index is 10.1. The fourth-order valence-corrected chi connectivity index (χ4v) is 4.02. The van der Waals surface area contributed by atoms with E-state index < -0.39 is 0 Å². The molecule has 0 aliphatic heterocycles. The van der Waals surface area contributed by atoms with E-state index in [1.807, 2.05) is 24.3 Å². The van der Waals surface area contributed by atoms with Crippen LogP contribution in [0.25, 0.3) is 11.6 Å². The molecule has 0 radical (unpaired) electrons. The highest BCUT2D eigenvalue weighted by atomic mass is 16.5. The molecular formula is C29H39NO2. The summed E-state index contributed by atoms with van der Waals surface area (Å²) < 4.78 is 10.9. The molecule has 0 atom stereocenters. The van der Waals surface area contributed by atoms with Crippen LogP contribution in [0.1, 0.15) is 87.5 Å². The average molecular weight is 434 g/mol. The molecule has 0 saturated heterocycles. The Morgan fingerprint density at radius 1 is 0.844 bits per heavy atom. The highest BCUT2D eigenvalue weighted by molar-refractivity contribution is 5.92. The van der Waals surface area contributed by atoms with Gasteiger partial charge in [0.25, 0.3) is 0 Å². The molecule has 0 aromatic heterocycles. The van der Waals surface area contributed by atoms with Gasteiger partial charge in [-0.25, -0.2) is 0 Å². The number of benzene rings is 2. The molecule has 0 fully saturated rings. The van der Waals surface area contributed by atoms with E-state index in [0.29, 0.717) is 5.57 Å². The van der Waals surface area contributed by atoms with Crippen LogP contribution >= 0.6 is 0 Å². The average Bonchev–Trinajstić information content (AvgIpc) is 2.83. The molecule has 0 N–H and O–H groups in total. The molecule has 3 heteroatoms. The molecule has 0 bridgehead atoms. The molecule has 2 aromatic rings. The van der Waals surface area contributed by atoms with Gasteiger partial charge in [-0.2, -0.15) is 5.26 Å². The van der Waals surface area contributed by atoms with Crippen molar-refractivity contribution in [1.82, 2.24) is 0 Å². The third-order valence-electron chi connectivity index (χ3n) is 5.94. The molecular weight excluding hydrogens is 394 g/mol. The minimum absolute atomic E-state index is 0.678. The molecule has 0 heterocycles. The van der Waals surface area contributed by atoms with Crippen molar-refractivity contribution in [2.24, 2.45) is 0 Å². The number of nitrogens with zero attached hydrogens (tertiary/aromatic N) is 1. The molecule has 0 spiro atoms. The van der Waals surface area contributed by atoms with Crippen molar-refractivity contribution >= 4 is 11.6 Å². The van der Waals surface area contributed by atoms with Gasteiger partial charge in [-0.15, -0.1) is 0 Å². The summed E-state index contributed by atoms with van der Waals surface area (Å²) in [4.78, 5) is 0. The fraction of sp³-hybridized carbons (Fsp3) is 0.483. The molecule has 3 nitrogen and oxygen atoms in total. The van der Waals surface area contributed by atoms with Crippen molar-refractivity contribution in [2.75, 3.05) is 14.2 Å². The van der Waals surface area contributed by atoms with Crippen LogP contribution in [0.15, 0.2) is 36.4 Å². The summed E-state index contributed by atoms with van der Waals surface area (Å²) in [5, 5.41) is 10.1. The summed E-state index contributed by atoms with van der Waals surface area (Å²) in [7, 11) is 3.30. The summed E-state index contributed by atoms with van der Waals surface area (Å²) >= 11 is 0. The zero-order valence-corrected chi connectivity index (χ0v) is 20.4. The van der Waals surface area contributed by atoms with Crippen molar-refractivity contribution in [2.45, 2.75) is 78.1 Å². The van der Waals surface area contributed by atoms with E-state index >= 15 is 0 Å². The largest absolute Gasteiger partial charge is 0.497 e. The van der Waals surface area contributed by atoms with E-state index in [-0.39, 0.29) is 0 Å². The van der Waals surface area contributed by atoms with E-state index in [4.69, 9.17) is 9.47 Å². The Bertz CT molecular complexity index is 908. The van der Waals surface area contributed by atoms with Crippen molar-refractivity contribution in [3.63, 3.8) is 0 Å². The van der Waals surface area contributed by atoms with Gasteiger partial charge in [-0.1, -0.05) is 70.6 Å². The van der Waals surface area contributed by atoms with Crippen LogP contribution in [0.4, 0.5) is 0 Å². The van der Waals surface area contributed by atoms with Gasteiger partial charge in [0.2, 0.25) is 0 Å². The number of rotatable bonds is 14. The van der Waals surface area contributed by atoms with E-state index in [1.165, 1.54) is 56.1 Å². The first-order chi connectivity index (χ1) is 15.7. The van der Waals surface area contributed by atoms with Crippen molar-refractivity contribution in [3.8, 4) is 17.6 Å². The van der Waals surface area contributed by atoms with Crippen LogP contribution in [-0.2, 0) is 12.8 Å². The van der Waals surface area contributed by atoms with Crippen LogP contribution in [-0.4, -0.2) is 14.2 Å². The van der Waals surface area contributed by atoms with Crippen molar-refractivity contribution in [1.29, 1.82) is 5.26 Å². The minimum Gasteiger partial charge on any atom is -0.497 e. The number of aryl methyl sites for hydroxylation is 2. The number of nitriles is 1. The van der Waals surface area contributed by atoms with Gasteiger partial charge in [0, 0.05) is 5.56 Å². The second kappa shape index (κ2) is 14.4. The molecule has 32 heavy (non-hydrogen) atoms. The van der Waals surface area contributed by atoms with Crippen LogP contribution in [0.5, 0.6) is 11.5 Å². The number of allylic oxidation sites excluding steroid dienone is 1. The second-order valence-corrected chi connectivity index (χ2v) is 8.39. The molecule has 0 aliphatic rings. The predicted octanol–water partition coefficient (Wildman–Crippen LogP) is 8.01. The summed E-state index contributed by atoms with van der Waals surface area (Å²) in [6.07, 6.45) is 13.8. The predicted molar refractivity (Wildman–Crippen MR) is 135 cm³/mol. The smallest absolute Gasteiger partial charge is 0.126 e. The molecule has 0 amide bonds. The summed E-state index contributed by atoms with van der Waals surface area (Å²) in [5.41, 5.74) is 5.16. The monoisotopic (exact) mass is 433 g/mol. The highest BCUT2D eigenvalue weighted by Crippen LogP contribution is 2.30. The number of hydrogen-bond acceptors (Lipinski definition) is 3. The van der Waals surface area contributed by atoms with Gasteiger partial charge < -0.3 is 9.47 Å². The highest BCUT2D eigenvalue weighted by Gasteiger charge is 2.12. The molecule has 2 rings (SSSR count). The lowest BCUT2D eigenvalue weighted by Gasteiger charge is -2.13. The molecule has 0 aliphatic carbocycles. The Balaban J connectivity index is 2.41. The Morgan fingerprint density at radius 3 is 2.19 bits per heavy atom. The zero-order chi connectivity index (χ0) is 23.2. The van der Waals surface area contributed by atoms with Gasteiger partial charge in [0.05, 0.1) is 25.9 Å². The Hall–Kier alpha value is -2.73. The van der Waals surface area contributed by atoms with Crippen molar-refractivity contribution in [3.05, 3.63) is 58.7 Å². The van der Waals surface area contributed by atoms with Gasteiger partial charge >= 0.3 is 0 Å². The summed E-state index contributed by atoms with van der Waals surface area (Å²) in [6, 6.07) is 14.9. The first-order valence-electron chi connectivity index (χ1n) is 12.1. The molecule has 0 unspecified atom stereocenters. The van der Waals surface area contributed by atoms with E-state index in [0.717, 1.165) is 41.9 Å². The van der Waals surface area contributed by atoms with Crippen LogP contribution in [0, 0.1) is 11.3 Å². The van der Waals surface area contributed by atoms with E-state index in [2.05, 4.69) is 38.1 Å². The lowest BCUT2D eigenvalue weighted by atomic mass is 9.91. The Kier molecular flexibility index (Phi) is 11.5. The number of methoxy groups -OCH3 is 2. The lowest BCUT2D eigenvalue weighted by Crippen LogP contribution is -1.98. The van der Waals surface area contributed by atoms with Crippen LogP contribution in [0.2, 0.25) is 0 Å². The normalized spacial score (nSPS) is 11.3. The van der Waals surface area contributed by atoms with E-state index in [1.54, 1.807) is 14.2 Å². The minimum atomic E-state index is 0.678. The van der Waals surface area contributed by atoms with Crippen LogP contribution < -0.4 is 9.47 Å². The number of ether oxygens (including phenoxy) is 2. The topological polar surface area (TPSA) is 42.2 Å². The third-order valence-corrected chi connectivity index (χ3v) is 5.94. The molecule has 2 aromatic carbocycles. The number of hydrogen-bond donors (Lipinski definition) is 0. The molecule has 172 valence electrons. The summed E-state index contributed by atoms with van der Waals surface area (Å²) in [5.74, 6) is 1.48. The standard InChI is InChI=1S/C29H39NO2/c1-5-7-9-11-13-23-15-16-24(14-12-10-8-6-2)28(19-23)26(22-30)20-25-21-27(31-3)17-18-29(25)32-4/h15-21H,5-14H2,1-4H3/b26-20-.